The molecule has 2 amide bonds. The van der Waals surface area contributed by atoms with Crippen molar-refractivity contribution in [1.82, 2.24) is 10.2 Å². The van der Waals surface area contributed by atoms with Crippen LogP contribution >= 0.6 is 27.5 Å². The molecule has 3 rings (SSSR count). The lowest BCUT2D eigenvalue weighted by molar-refractivity contribution is -0.140. The zero-order chi connectivity index (χ0) is 27.0. The molecule has 1 N–H and O–H groups in total. The quantitative estimate of drug-likeness (QED) is 0.345. The second-order valence-electron chi connectivity index (χ2n) is 8.50. The third kappa shape index (κ3) is 8.31. The predicted molar refractivity (Wildman–Crippen MR) is 151 cm³/mol. The van der Waals surface area contributed by atoms with Crippen LogP contribution in [0.3, 0.4) is 0 Å². The minimum Gasteiger partial charge on any atom is -0.355 e. The molecular formula is C27H29BrClN3O4S. The minimum atomic E-state index is -3.81. The zero-order valence-electron chi connectivity index (χ0n) is 20.6. The molecule has 0 aliphatic rings. The van der Waals surface area contributed by atoms with E-state index in [-0.39, 0.29) is 18.9 Å². The molecule has 1 atom stereocenters. The van der Waals surface area contributed by atoms with Crippen molar-refractivity contribution < 1.29 is 18.0 Å². The first-order valence-corrected chi connectivity index (χ1v) is 14.7. The molecule has 3 aromatic carbocycles. The molecule has 0 spiro atoms. The third-order valence-corrected chi connectivity index (χ3v) is 7.51. The van der Waals surface area contributed by atoms with Crippen molar-refractivity contribution in [2.24, 2.45) is 0 Å². The fourth-order valence-corrected chi connectivity index (χ4v) is 5.36. The van der Waals surface area contributed by atoms with E-state index >= 15 is 0 Å². The number of rotatable bonds is 11. The lowest BCUT2D eigenvalue weighted by Crippen LogP contribution is -2.53. The molecule has 0 fully saturated rings. The second kappa shape index (κ2) is 13.1. The van der Waals surface area contributed by atoms with E-state index < -0.39 is 28.5 Å². The molecule has 196 valence electrons. The summed E-state index contributed by atoms with van der Waals surface area (Å²) in [6.45, 7) is 1.79. The van der Waals surface area contributed by atoms with Gasteiger partial charge >= 0.3 is 0 Å². The Morgan fingerprint density at radius 3 is 2.27 bits per heavy atom. The second-order valence-corrected chi connectivity index (χ2v) is 11.8. The van der Waals surface area contributed by atoms with Crippen LogP contribution in [0.5, 0.6) is 0 Å². The fraction of sp³-hybridized carbons (Fsp3) is 0.259. The number of amides is 2. The van der Waals surface area contributed by atoms with Crippen LogP contribution < -0.4 is 9.62 Å². The summed E-state index contributed by atoms with van der Waals surface area (Å²) in [5.74, 6) is -0.840. The number of hydrogen-bond donors (Lipinski definition) is 1. The number of nitrogens with zero attached hydrogens (tertiary/aromatic N) is 2. The van der Waals surface area contributed by atoms with Gasteiger partial charge in [0.25, 0.3) is 0 Å². The van der Waals surface area contributed by atoms with Crippen LogP contribution in [-0.2, 0) is 32.6 Å². The van der Waals surface area contributed by atoms with Crippen LogP contribution in [0.4, 0.5) is 5.69 Å². The highest BCUT2D eigenvalue weighted by Crippen LogP contribution is 2.24. The van der Waals surface area contributed by atoms with Gasteiger partial charge in [0.1, 0.15) is 12.6 Å². The molecule has 0 saturated heterocycles. The summed E-state index contributed by atoms with van der Waals surface area (Å²) in [7, 11) is -3.81. The summed E-state index contributed by atoms with van der Waals surface area (Å²) in [5.41, 5.74) is 1.93. The van der Waals surface area contributed by atoms with E-state index in [1.165, 1.54) is 4.90 Å². The van der Waals surface area contributed by atoms with Crippen molar-refractivity contribution in [1.29, 1.82) is 0 Å². The Hall–Kier alpha value is -2.88. The number of halogens is 2. The molecule has 0 bridgehead atoms. The molecule has 7 nitrogen and oxygen atoms in total. The van der Waals surface area contributed by atoms with Crippen LogP contribution in [0.1, 0.15) is 18.1 Å². The van der Waals surface area contributed by atoms with Gasteiger partial charge in [-0.2, -0.15) is 0 Å². The maximum atomic E-state index is 13.9. The molecule has 0 aromatic heterocycles. The summed E-state index contributed by atoms with van der Waals surface area (Å²) >= 11 is 9.55. The Labute approximate surface area is 231 Å². The Morgan fingerprint density at radius 2 is 1.65 bits per heavy atom. The molecule has 0 heterocycles. The molecule has 0 saturated carbocycles. The molecule has 0 radical (unpaired) electrons. The highest BCUT2D eigenvalue weighted by molar-refractivity contribution is 9.10. The van der Waals surface area contributed by atoms with Gasteiger partial charge in [-0.25, -0.2) is 8.42 Å². The zero-order valence-corrected chi connectivity index (χ0v) is 23.8. The van der Waals surface area contributed by atoms with Gasteiger partial charge in [0, 0.05) is 29.0 Å². The SMILES string of the molecule is CCNC(=O)C(Cc1ccccc1)N(Cc1cccc(Cl)c1)C(=O)CN(c1cccc(Br)c1)S(C)(=O)=O. The summed E-state index contributed by atoms with van der Waals surface area (Å²) in [5, 5.41) is 3.32. The fourth-order valence-electron chi connectivity index (χ4n) is 3.92. The molecule has 10 heteroatoms. The minimum absolute atomic E-state index is 0.0735. The van der Waals surface area contributed by atoms with Gasteiger partial charge in [0.2, 0.25) is 21.8 Å². The maximum Gasteiger partial charge on any atom is 0.244 e. The van der Waals surface area contributed by atoms with Gasteiger partial charge in [-0.05, 0) is 48.4 Å². The number of sulfonamides is 1. The highest BCUT2D eigenvalue weighted by atomic mass is 79.9. The molecule has 37 heavy (non-hydrogen) atoms. The monoisotopic (exact) mass is 605 g/mol. The normalized spacial score (nSPS) is 12.0. The van der Waals surface area contributed by atoms with Crippen molar-refractivity contribution in [2.45, 2.75) is 25.9 Å². The van der Waals surface area contributed by atoms with E-state index in [2.05, 4.69) is 21.2 Å². The summed E-state index contributed by atoms with van der Waals surface area (Å²) in [6, 6.07) is 22.2. The van der Waals surface area contributed by atoms with Crippen LogP contribution in [0.25, 0.3) is 0 Å². The first kappa shape index (κ1) is 28.7. The van der Waals surface area contributed by atoms with E-state index in [9.17, 15) is 18.0 Å². The molecule has 0 aliphatic carbocycles. The number of carbonyl (C=O) groups is 2. The van der Waals surface area contributed by atoms with Crippen molar-refractivity contribution in [2.75, 3.05) is 23.7 Å². The first-order chi connectivity index (χ1) is 17.6. The average Bonchev–Trinajstić information content (AvgIpc) is 2.84. The summed E-state index contributed by atoms with van der Waals surface area (Å²) < 4.78 is 27.2. The summed E-state index contributed by atoms with van der Waals surface area (Å²) in [4.78, 5) is 28.6. The van der Waals surface area contributed by atoms with Gasteiger partial charge in [-0.3, -0.25) is 13.9 Å². The Bertz CT molecular complexity index is 1340. The Balaban J connectivity index is 2.04. The van der Waals surface area contributed by atoms with Crippen LogP contribution in [0.2, 0.25) is 5.02 Å². The van der Waals surface area contributed by atoms with Crippen molar-refractivity contribution in [3.63, 3.8) is 0 Å². The van der Waals surface area contributed by atoms with Gasteiger partial charge in [-0.15, -0.1) is 0 Å². The van der Waals surface area contributed by atoms with Gasteiger partial charge in [-0.1, -0.05) is 76.1 Å². The largest absolute Gasteiger partial charge is 0.355 e. The van der Waals surface area contributed by atoms with E-state index in [1.54, 1.807) is 49.4 Å². The van der Waals surface area contributed by atoms with E-state index in [1.807, 2.05) is 36.4 Å². The average molecular weight is 607 g/mol. The van der Waals surface area contributed by atoms with Crippen LogP contribution in [0.15, 0.2) is 83.3 Å². The third-order valence-electron chi connectivity index (χ3n) is 5.64. The number of nitrogens with one attached hydrogen (secondary N) is 1. The van der Waals surface area contributed by atoms with Crippen LogP contribution in [0, 0.1) is 0 Å². The van der Waals surface area contributed by atoms with Gasteiger partial charge in [0.15, 0.2) is 0 Å². The van der Waals surface area contributed by atoms with Gasteiger partial charge < -0.3 is 10.2 Å². The van der Waals surface area contributed by atoms with Crippen molar-refractivity contribution in [3.05, 3.63) is 99.5 Å². The maximum absolute atomic E-state index is 13.9. The Morgan fingerprint density at radius 1 is 0.973 bits per heavy atom. The number of benzene rings is 3. The number of likely N-dealkylation sites (N-methyl/N-ethyl adjacent to an activating group) is 1. The number of anilines is 1. The van der Waals surface area contributed by atoms with Crippen LogP contribution in [-0.4, -0.2) is 50.5 Å². The van der Waals surface area contributed by atoms with Gasteiger partial charge in [0.05, 0.1) is 11.9 Å². The lowest BCUT2D eigenvalue weighted by Gasteiger charge is -2.33. The highest BCUT2D eigenvalue weighted by Gasteiger charge is 2.32. The molecular weight excluding hydrogens is 578 g/mol. The first-order valence-electron chi connectivity index (χ1n) is 11.7. The lowest BCUT2D eigenvalue weighted by atomic mass is 10.0. The summed E-state index contributed by atoms with van der Waals surface area (Å²) in [6.07, 6.45) is 1.31. The predicted octanol–water partition coefficient (Wildman–Crippen LogP) is 4.64. The number of hydrogen-bond acceptors (Lipinski definition) is 4. The Kier molecular flexibility index (Phi) is 10.1. The van der Waals surface area contributed by atoms with Crippen molar-refractivity contribution >= 4 is 55.1 Å². The standard InChI is InChI=1S/C27H29BrClN3O4S/c1-3-30-27(34)25(16-20-9-5-4-6-10-20)31(18-21-11-7-13-23(29)15-21)26(33)19-32(37(2,35)36)24-14-8-12-22(28)17-24/h4-15,17,25H,3,16,18-19H2,1-2H3,(H,30,34). The molecule has 3 aromatic rings. The smallest absolute Gasteiger partial charge is 0.244 e. The van der Waals surface area contributed by atoms with E-state index in [0.717, 1.165) is 21.7 Å². The molecule has 1 unspecified atom stereocenters. The molecule has 0 aliphatic heterocycles. The van der Waals surface area contributed by atoms with Crippen molar-refractivity contribution in [3.8, 4) is 0 Å². The van der Waals surface area contributed by atoms with E-state index in [0.29, 0.717) is 21.7 Å². The van der Waals surface area contributed by atoms with E-state index in [4.69, 9.17) is 11.6 Å². The topological polar surface area (TPSA) is 86.8 Å². The number of carbonyl (C=O) groups excluding carboxylic acids is 2.